The maximum atomic E-state index is 13.2. The highest BCUT2D eigenvalue weighted by molar-refractivity contribution is 5.79. The Morgan fingerprint density at radius 1 is 1.17 bits per heavy atom. The highest BCUT2D eigenvalue weighted by Crippen LogP contribution is 2.40. The van der Waals surface area contributed by atoms with Crippen molar-refractivity contribution < 1.29 is 35.9 Å². The van der Waals surface area contributed by atoms with Crippen LogP contribution in [0.2, 0.25) is 0 Å². The molecule has 1 amide bonds. The quantitative estimate of drug-likeness (QED) is 0.855. The molecule has 0 bridgehead atoms. The number of ether oxygens (including phenoxy) is 1. The van der Waals surface area contributed by atoms with Crippen LogP contribution in [-0.4, -0.2) is 25.3 Å². The number of halogens is 6. The summed E-state index contributed by atoms with van der Waals surface area (Å²) in [6, 6.07) is 0.597. The van der Waals surface area contributed by atoms with Crippen LogP contribution in [0.25, 0.3) is 0 Å². The summed E-state index contributed by atoms with van der Waals surface area (Å²) in [6.45, 7) is 0.186. The molecule has 1 N–H and O–H groups in total. The summed E-state index contributed by atoms with van der Waals surface area (Å²) in [5.74, 6) is -1.76. The van der Waals surface area contributed by atoms with Gasteiger partial charge in [0.15, 0.2) is 6.04 Å². The van der Waals surface area contributed by atoms with Gasteiger partial charge in [-0.15, -0.1) is 0 Å². The number of nitrogens with one attached hydrogen (secondary N) is 1. The molecule has 1 saturated heterocycles. The van der Waals surface area contributed by atoms with Crippen molar-refractivity contribution in [3.63, 3.8) is 0 Å². The van der Waals surface area contributed by atoms with Crippen LogP contribution in [-0.2, 0) is 15.7 Å². The predicted octanol–water partition coefficient (Wildman–Crippen LogP) is 3.46. The van der Waals surface area contributed by atoms with E-state index in [9.17, 15) is 31.1 Å². The van der Waals surface area contributed by atoms with Gasteiger partial charge in [-0.25, -0.2) is 0 Å². The minimum absolute atomic E-state index is 0.0443. The summed E-state index contributed by atoms with van der Waals surface area (Å²) in [5.41, 5.74) is -2.45. The first-order valence-electron chi connectivity index (χ1n) is 6.71. The average molecular weight is 341 g/mol. The van der Waals surface area contributed by atoms with Crippen LogP contribution in [0, 0.1) is 5.92 Å². The van der Waals surface area contributed by atoms with Crippen molar-refractivity contribution in [1.82, 2.24) is 5.32 Å². The SMILES string of the molecule is O=C(N[C@H](c1ccccc1C(F)(F)F)C(F)(F)F)[C@H]1CCOC1. The maximum absolute atomic E-state index is 13.2. The Bertz CT molecular complexity index is 563. The number of carbonyl (C=O) groups excluding carboxylic acids is 1. The van der Waals surface area contributed by atoms with Gasteiger partial charge in [0.1, 0.15) is 0 Å². The fourth-order valence-electron chi connectivity index (χ4n) is 2.34. The summed E-state index contributed by atoms with van der Waals surface area (Å²) in [7, 11) is 0. The number of carbonyl (C=O) groups is 1. The van der Waals surface area contributed by atoms with E-state index in [1.807, 2.05) is 0 Å². The number of rotatable bonds is 3. The second kappa shape index (κ2) is 6.38. The van der Waals surface area contributed by atoms with Gasteiger partial charge in [0, 0.05) is 6.61 Å². The number of alkyl halides is 6. The van der Waals surface area contributed by atoms with E-state index in [2.05, 4.69) is 0 Å². The Morgan fingerprint density at radius 2 is 1.83 bits per heavy atom. The van der Waals surface area contributed by atoms with Crippen LogP contribution in [0.1, 0.15) is 23.6 Å². The molecule has 9 heteroatoms. The third-order valence-electron chi connectivity index (χ3n) is 3.49. The van der Waals surface area contributed by atoms with Gasteiger partial charge in [0.2, 0.25) is 5.91 Å². The molecule has 23 heavy (non-hydrogen) atoms. The molecule has 0 aromatic heterocycles. The smallest absolute Gasteiger partial charge is 0.381 e. The van der Waals surface area contributed by atoms with Crippen molar-refractivity contribution >= 4 is 5.91 Å². The van der Waals surface area contributed by atoms with E-state index in [0.29, 0.717) is 12.1 Å². The lowest BCUT2D eigenvalue weighted by Crippen LogP contribution is -2.42. The molecule has 0 aliphatic carbocycles. The zero-order valence-corrected chi connectivity index (χ0v) is 11.7. The maximum Gasteiger partial charge on any atom is 0.416 e. The molecule has 1 aliphatic rings. The van der Waals surface area contributed by atoms with Crippen molar-refractivity contribution in [3.8, 4) is 0 Å². The van der Waals surface area contributed by atoms with Gasteiger partial charge in [-0.2, -0.15) is 26.3 Å². The Labute approximate surface area is 127 Å². The molecular weight excluding hydrogens is 328 g/mol. The third kappa shape index (κ3) is 4.15. The molecule has 0 radical (unpaired) electrons. The third-order valence-corrected chi connectivity index (χ3v) is 3.49. The van der Waals surface area contributed by atoms with Crippen LogP contribution in [0.15, 0.2) is 24.3 Å². The van der Waals surface area contributed by atoms with Crippen molar-refractivity contribution in [1.29, 1.82) is 0 Å². The van der Waals surface area contributed by atoms with Gasteiger partial charge in [-0.3, -0.25) is 4.79 Å². The van der Waals surface area contributed by atoms with Gasteiger partial charge in [-0.1, -0.05) is 18.2 Å². The molecule has 1 heterocycles. The monoisotopic (exact) mass is 341 g/mol. The molecule has 0 spiro atoms. The van der Waals surface area contributed by atoms with E-state index in [1.165, 1.54) is 0 Å². The summed E-state index contributed by atoms with van der Waals surface area (Å²) in [4.78, 5) is 11.9. The van der Waals surface area contributed by atoms with E-state index in [0.717, 1.165) is 12.1 Å². The van der Waals surface area contributed by atoms with Gasteiger partial charge in [0.05, 0.1) is 18.1 Å². The Morgan fingerprint density at radius 3 is 2.35 bits per heavy atom. The zero-order chi connectivity index (χ0) is 17.3. The van der Waals surface area contributed by atoms with E-state index in [1.54, 1.807) is 5.32 Å². The molecule has 2 rings (SSSR count). The molecule has 3 nitrogen and oxygen atoms in total. The van der Waals surface area contributed by atoms with Crippen molar-refractivity contribution in [2.75, 3.05) is 13.2 Å². The fraction of sp³-hybridized carbons (Fsp3) is 0.500. The summed E-state index contributed by atoms with van der Waals surface area (Å²) >= 11 is 0. The zero-order valence-electron chi connectivity index (χ0n) is 11.7. The minimum Gasteiger partial charge on any atom is -0.381 e. The van der Waals surface area contributed by atoms with E-state index in [4.69, 9.17) is 4.74 Å². The van der Waals surface area contributed by atoms with E-state index >= 15 is 0 Å². The average Bonchev–Trinajstić information content (AvgIpc) is 2.96. The minimum atomic E-state index is -5.06. The lowest BCUT2D eigenvalue weighted by Gasteiger charge is -2.26. The lowest BCUT2D eigenvalue weighted by molar-refractivity contribution is -0.168. The molecule has 1 fully saturated rings. The molecule has 0 unspecified atom stereocenters. The van der Waals surface area contributed by atoms with Crippen LogP contribution in [0.5, 0.6) is 0 Å². The van der Waals surface area contributed by atoms with Gasteiger partial charge in [-0.05, 0) is 18.1 Å². The Balaban J connectivity index is 2.35. The first-order chi connectivity index (χ1) is 10.6. The molecule has 1 aliphatic heterocycles. The fourth-order valence-corrected chi connectivity index (χ4v) is 2.34. The highest BCUT2D eigenvalue weighted by atomic mass is 19.4. The number of hydrogen-bond acceptors (Lipinski definition) is 2. The normalized spacial score (nSPS) is 20.3. The van der Waals surface area contributed by atoms with E-state index < -0.39 is 41.3 Å². The number of benzene rings is 1. The summed E-state index contributed by atoms with van der Waals surface area (Å²) in [6.07, 6.45) is -9.78. The van der Waals surface area contributed by atoms with Crippen molar-refractivity contribution in [3.05, 3.63) is 35.4 Å². The van der Waals surface area contributed by atoms with Crippen molar-refractivity contribution in [2.24, 2.45) is 5.92 Å². The Kier molecular flexibility index (Phi) is 4.88. The second-order valence-corrected chi connectivity index (χ2v) is 5.13. The molecule has 2 atom stereocenters. The van der Waals surface area contributed by atoms with Gasteiger partial charge < -0.3 is 10.1 Å². The standard InChI is InChI=1S/C14H13F6NO2/c15-13(16,17)10-4-2-1-3-9(10)11(14(18,19)20)21-12(22)8-5-6-23-7-8/h1-4,8,11H,5-7H2,(H,21,22)/t8-,11+/m0/s1. The molecule has 128 valence electrons. The van der Waals surface area contributed by atoms with Crippen molar-refractivity contribution in [2.45, 2.75) is 24.8 Å². The molecule has 0 saturated carbocycles. The van der Waals surface area contributed by atoms with E-state index in [-0.39, 0.29) is 19.6 Å². The molecule has 1 aromatic carbocycles. The van der Waals surface area contributed by atoms with Crippen LogP contribution < -0.4 is 5.32 Å². The lowest BCUT2D eigenvalue weighted by atomic mass is 9.98. The van der Waals surface area contributed by atoms with Gasteiger partial charge >= 0.3 is 12.4 Å². The molecular formula is C14H13F6NO2. The Hall–Kier alpha value is -1.77. The largest absolute Gasteiger partial charge is 0.416 e. The summed E-state index contributed by atoms with van der Waals surface area (Å²) in [5, 5.41) is 1.68. The van der Waals surface area contributed by atoms with Crippen LogP contribution in [0.4, 0.5) is 26.3 Å². The number of hydrogen-bond donors (Lipinski definition) is 1. The second-order valence-electron chi connectivity index (χ2n) is 5.13. The first kappa shape index (κ1) is 17.6. The topological polar surface area (TPSA) is 38.3 Å². The van der Waals surface area contributed by atoms with Crippen LogP contribution >= 0.6 is 0 Å². The highest BCUT2D eigenvalue weighted by Gasteiger charge is 2.47. The van der Waals surface area contributed by atoms with Gasteiger partial charge in [0.25, 0.3) is 0 Å². The predicted molar refractivity (Wildman–Crippen MR) is 67.3 cm³/mol. The van der Waals surface area contributed by atoms with Crippen LogP contribution in [0.3, 0.4) is 0 Å². The summed E-state index contributed by atoms with van der Waals surface area (Å²) < 4.78 is 83.3. The first-order valence-corrected chi connectivity index (χ1v) is 6.71. The molecule has 1 aromatic rings. The number of amides is 1.